The fraction of sp³-hybridized carbons (Fsp3) is 0.154. The number of hydrogen-bond acceptors (Lipinski definition) is 2. The van der Waals surface area contributed by atoms with Gasteiger partial charge in [0.1, 0.15) is 5.82 Å². The highest BCUT2D eigenvalue weighted by molar-refractivity contribution is 6.31. The minimum Gasteiger partial charge on any atom is -0.324 e. The van der Waals surface area contributed by atoms with Gasteiger partial charge in [0.05, 0.1) is 10.0 Å². The maximum Gasteiger partial charge on any atom is 0.141 e. The molecule has 0 aliphatic carbocycles. The molecule has 0 fully saturated rings. The lowest BCUT2D eigenvalue weighted by Crippen LogP contribution is -2.13. The molecule has 18 heavy (non-hydrogen) atoms. The highest BCUT2D eigenvalue weighted by Gasteiger charge is 2.11. The van der Waals surface area contributed by atoms with Crippen molar-refractivity contribution in [2.24, 2.45) is 5.73 Å². The molecule has 0 bridgehead atoms. The number of halogens is 3. The number of pyridine rings is 1. The largest absolute Gasteiger partial charge is 0.324 e. The zero-order chi connectivity index (χ0) is 13.1. The predicted octanol–water partition coefficient (Wildman–Crippen LogP) is 3.77. The van der Waals surface area contributed by atoms with Crippen LogP contribution in [-0.2, 0) is 6.42 Å². The fourth-order valence-corrected chi connectivity index (χ4v) is 2.05. The summed E-state index contributed by atoms with van der Waals surface area (Å²) >= 11 is 11.7. The Morgan fingerprint density at radius 3 is 2.67 bits per heavy atom. The quantitative estimate of drug-likeness (QED) is 0.932. The molecule has 0 radical (unpaired) electrons. The van der Waals surface area contributed by atoms with Gasteiger partial charge >= 0.3 is 0 Å². The third-order valence-electron chi connectivity index (χ3n) is 2.67. The van der Waals surface area contributed by atoms with Crippen LogP contribution in [0.2, 0.25) is 10.0 Å². The van der Waals surface area contributed by atoms with Crippen LogP contribution in [0, 0.1) is 5.82 Å². The molecule has 0 saturated heterocycles. The Bertz CT molecular complexity index is 560. The van der Waals surface area contributed by atoms with Crippen LogP contribution < -0.4 is 5.73 Å². The fourth-order valence-electron chi connectivity index (χ4n) is 1.67. The molecule has 5 heteroatoms. The van der Waals surface area contributed by atoms with Gasteiger partial charge in [-0.15, -0.1) is 0 Å². The first-order valence-corrected chi connectivity index (χ1v) is 6.12. The maximum atomic E-state index is 13.1. The summed E-state index contributed by atoms with van der Waals surface area (Å²) in [6.45, 7) is 0. The number of nitrogens with two attached hydrogens (primary N) is 1. The Labute approximate surface area is 115 Å². The van der Waals surface area contributed by atoms with Crippen LogP contribution in [0.4, 0.5) is 4.39 Å². The Hall–Kier alpha value is -1.16. The van der Waals surface area contributed by atoms with E-state index in [-0.39, 0.29) is 11.1 Å². The molecular formula is C13H11Cl2FN2. The summed E-state index contributed by atoms with van der Waals surface area (Å²) in [5.74, 6) is -0.449. The van der Waals surface area contributed by atoms with Crippen molar-refractivity contribution in [2.45, 2.75) is 12.5 Å². The second-order valence-electron chi connectivity index (χ2n) is 3.95. The van der Waals surface area contributed by atoms with Crippen molar-refractivity contribution >= 4 is 23.2 Å². The van der Waals surface area contributed by atoms with Gasteiger partial charge in [0.25, 0.3) is 0 Å². The van der Waals surface area contributed by atoms with Crippen LogP contribution in [0.3, 0.4) is 0 Å². The van der Waals surface area contributed by atoms with Crippen LogP contribution in [0.15, 0.2) is 36.7 Å². The van der Waals surface area contributed by atoms with Crippen LogP contribution in [0.25, 0.3) is 0 Å². The van der Waals surface area contributed by atoms with Gasteiger partial charge in [0, 0.05) is 18.4 Å². The van der Waals surface area contributed by atoms with E-state index in [1.807, 2.05) is 6.07 Å². The van der Waals surface area contributed by atoms with Gasteiger partial charge in [-0.3, -0.25) is 4.98 Å². The van der Waals surface area contributed by atoms with Crippen LogP contribution in [0.1, 0.15) is 17.2 Å². The number of hydrogen-bond donors (Lipinski definition) is 1. The summed E-state index contributed by atoms with van der Waals surface area (Å²) < 4.78 is 13.1. The molecular weight excluding hydrogens is 274 g/mol. The number of aromatic nitrogens is 1. The molecule has 0 aliphatic heterocycles. The molecule has 2 aromatic rings. The standard InChI is InChI=1S/C13H11Cl2FN2/c14-10-5-9(1-2-12(10)16)13(17)6-8-3-4-18-7-11(8)15/h1-5,7,13H,6,17H2. The SMILES string of the molecule is NC(Cc1ccncc1Cl)c1ccc(F)c(Cl)c1. The summed E-state index contributed by atoms with van der Waals surface area (Å²) in [5, 5.41) is 0.643. The molecule has 1 heterocycles. The Morgan fingerprint density at radius 2 is 2.00 bits per heavy atom. The highest BCUT2D eigenvalue weighted by atomic mass is 35.5. The number of rotatable bonds is 3. The molecule has 2 rings (SSSR count). The minimum absolute atomic E-state index is 0.0729. The topological polar surface area (TPSA) is 38.9 Å². The molecule has 1 unspecified atom stereocenters. The monoisotopic (exact) mass is 284 g/mol. The average Bonchev–Trinajstić information content (AvgIpc) is 2.35. The van der Waals surface area contributed by atoms with E-state index >= 15 is 0 Å². The van der Waals surface area contributed by atoms with E-state index in [4.69, 9.17) is 28.9 Å². The van der Waals surface area contributed by atoms with Crippen molar-refractivity contribution in [2.75, 3.05) is 0 Å². The lowest BCUT2D eigenvalue weighted by Gasteiger charge is -2.13. The van der Waals surface area contributed by atoms with Gasteiger partial charge in [-0.1, -0.05) is 29.3 Å². The first-order valence-electron chi connectivity index (χ1n) is 5.37. The van der Waals surface area contributed by atoms with Crippen molar-refractivity contribution in [3.05, 3.63) is 63.6 Å². The molecule has 0 amide bonds. The molecule has 1 aromatic heterocycles. The lowest BCUT2D eigenvalue weighted by atomic mass is 10.0. The zero-order valence-electron chi connectivity index (χ0n) is 9.41. The van der Waals surface area contributed by atoms with Crippen LogP contribution in [-0.4, -0.2) is 4.98 Å². The van der Waals surface area contributed by atoms with Crippen molar-refractivity contribution in [3.8, 4) is 0 Å². The number of nitrogens with zero attached hydrogens (tertiary/aromatic N) is 1. The van der Waals surface area contributed by atoms with Gasteiger partial charge in [-0.2, -0.15) is 0 Å². The third-order valence-corrected chi connectivity index (χ3v) is 3.30. The van der Waals surface area contributed by atoms with Gasteiger partial charge in [-0.05, 0) is 35.7 Å². The normalized spacial score (nSPS) is 12.4. The van der Waals surface area contributed by atoms with E-state index in [9.17, 15) is 4.39 Å². The third kappa shape index (κ3) is 2.99. The van der Waals surface area contributed by atoms with Crippen LogP contribution >= 0.6 is 23.2 Å². The first kappa shape index (κ1) is 13.3. The van der Waals surface area contributed by atoms with E-state index < -0.39 is 5.82 Å². The number of benzene rings is 1. The van der Waals surface area contributed by atoms with Crippen LogP contribution in [0.5, 0.6) is 0 Å². The van der Waals surface area contributed by atoms with E-state index in [0.29, 0.717) is 11.4 Å². The highest BCUT2D eigenvalue weighted by Crippen LogP contribution is 2.24. The summed E-state index contributed by atoms with van der Waals surface area (Å²) in [4.78, 5) is 3.91. The summed E-state index contributed by atoms with van der Waals surface area (Å²) in [6.07, 6.45) is 3.77. The van der Waals surface area contributed by atoms with Gasteiger partial charge in [0.15, 0.2) is 0 Å². The van der Waals surface area contributed by atoms with E-state index in [2.05, 4.69) is 4.98 Å². The minimum atomic E-state index is -0.449. The van der Waals surface area contributed by atoms with E-state index in [0.717, 1.165) is 11.1 Å². The first-order chi connectivity index (χ1) is 8.58. The van der Waals surface area contributed by atoms with Crippen molar-refractivity contribution in [3.63, 3.8) is 0 Å². The van der Waals surface area contributed by atoms with Gasteiger partial charge in [-0.25, -0.2) is 4.39 Å². The molecule has 0 saturated carbocycles. The predicted molar refractivity (Wildman–Crippen MR) is 71.3 cm³/mol. The molecule has 2 N–H and O–H groups in total. The van der Waals surface area contributed by atoms with Crippen molar-refractivity contribution < 1.29 is 4.39 Å². The Kier molecular flexibility index (Phi) is 4.17. The van der Waals surface area contributed by atoms with Crippen molar-refractivity contribution in [1.29, 1.82) is 0 Å². The van der Waals surface area contributed by atoms with Crippen molar-refractivity contribution in [1.82, 2.24) is 4.98 Å². The molecule has 94 valence electrons. The average molecular weight is 285 g/mol. The molecule has 0 spiro atoms. The summed E-state index contributed by atoms with van der Waals surface area (Å²) in [7, 11) is 0. The second-order valence-corrected chi connectivity index (χ2v) is 4.77. The second kappa shape index (κ2) is 5.65. The molecule has 2 nitrogen and oxygen atoms in total. The maximum absolute atomic E-state index is 13.1. The summed E-state index contributed by atoms with van der Waals surface area (Å²) in [6, 6.07) is 6.00. The van der Waals surface area contributed by atoms with Gasteiger partial charge < -0.3 is 5.73 Å². The lowest BCUT2D eigenvalue weighted by molar-refractivity contribution is 0.625. The summed E-state index contributed by atoms with van der Waals surface area (Å²) in [5.41, 5.74) is 7.73. The Balaban J connectivity index is 2.19. The van der Waals surface area contributed by atoms with E-state index in [1.165, 1.54) is 12.1 Å². The molecule has 1 atom stereocenters. The zero-order valence-corrected chi connectivity index (χ0v) is 10.9. The Morgan fingerprint density at radius 1 is 1.22 bits per heavy atom. The molecule has 1 aromatic carbocycles. The molecule has 0 aliphatic rings. The van der Waals surface area contributed by atoms with E-state index in [1.54, 1.807) is 18.5 Å². The van der Waals surface area contributed by atoms with Gasteiger partial charge in [0.2, 0.25) is 0 Å². The smallest absolute Gasteiger partial charge is 0.141 e.